The van der Waals surface area contributed by atoms with E-state index in [4.69, 9.17) is 5.11 Å². The van der Waals surface area contributed by atoms with Crippen molar-refractivity contribution in [3.63, 3.8) is 0 Å². The van der Waals surface area contributed by atoms with Gasteiger partial charge in [0.25, 0.3) is 5.91 Å². The van der Waals surface area contributed by atoms with Crippen LogP contribution in [0.25, 0.3) is 0 Å². The van der Waals surface area contributed by atoms with Crippen LogP contribution in [0.15, 0.2) is 11.0 Å². The Morgan fingerprint density at radius 1 is 1.47 bits per heavy atom. The number of carboxylic acids is 1. The van der Waals surface area contributed by atoms with E-state index in [2.05, 4.69) is 9.97 Å². The standard InChI is InChI=1S/C10H15N3O4/c1-4-13(10(2,3)8(15)16)7(14)6-5-11-9(17)12-6/h5H,4H2,1-3H3,(H,15,16)(H2,11,12,17). The molecule has 7 heteroatoms. The Hall–Kier alpha value is -2.05. The molecule has 0 radical (unpaired) electrons. The molecule has 0 atom stereocenters. The van der Waals surface area contributed by atoms with Gasteiger partial charge >= 0.3 is 11.7 Å². The number of nitrogens with zero attached hydrogens (tertiary/aromatic N) is 1. The summed E-state index contributed by atoms with van der Waals surface area (Å²) < 4.78 is 0. The summed E-state index contributed by atoms with van der Waals surface area (Å²) in [6.07, 6.45) is 1.23. The van der Waals surface area contributed by atoms with Crippen molar-refractivity contribution in [1.29, 1.82) is 0 Å². The van der Waals surface area contributed by atoms with Crippen LogP contribution in [0.4, 0.5) is 0 Å². The van der Waals surface area contributed by atoms with Crippen LogP contribution in [0.3, 0.4) is 0 Å². The number of nitrogens with one attached hydrogen (secondary N) is 2. The van der Waals surface area contributed by atoms with E-state index in [9.17, 15) is 14.4 Å². The molecule has 0 unspecified atom stereocenters. The van der Waals surface area contributed by atoms with E-state index in [1.807, 2.05) is 0 Å². The van der Waals surface area contributed by atoms with Crippen LogP contribution >= 0.6 is 0 Å². The number of likely N-dealkylation sites (N-methyl/N-ethyl adjacent to an activating group) is 1. The number of amides is 1. The van der Waals surface area contributed by atoms with Crippen LogP contribution in [-0.4, -0.2) is 43.9 Å². The zero-order valence-electron chi connectivity index (χ0n) is 9.90. The zero-order valence-corrected chi connectivity index (χ0v) is 9.90. The normalized spacial score (nSPS) is 11.2. The number of hydrogen-bond donors (Lipinski definition) is 3. The minimum absolute atomic E-state index is 0.0474. The van der Waals surface area contributed by atoms with Crippen molar-refractivity contribution in [2.24, 2.45) is 0 Å². The maximum atomic E-state index is 12.0. The number of rotatable bonds is 4. The van der Waals surface area contributed by atoms with Gasteiger partial charge < -0.3 is 20.0 Å². The van der Waals surface area contributed by atoms with Gasteiger partial charge in [0.1, 0.15) is 11.2 Å². The number of carbonyl (C=O) groups excluding carboxylic acids is 1. The van der Waals surface area contributed by atoms with E-state index in [1.165, 1.54) is 24.9 Å². The molecule has 0 fully saturated rings. The third-order valence-corrected chi connectivity index (χ3v) is 2.59. The number of carbonyl (C=O) groups is 2. The van der Waals surface area contributed by atoms with E-state index in [0.29, 0.717) is 0 Å². The molecule has 0 spiro atoms. The quantitative estimate of drug-likeness (QED) is 0.691. The van der Waals surface area contributed by atoms with Gasteiger partial charge in [-0.15, -0.1) is 0 Å². The highest BCUT2D eigenvalue weighted by Crippen LogP contribution is 2.16. The van der Waals surface area contributed by atoms with Gasteiger partial charge in [0.15, 0.2) is 0 Å². The molecule has 1 aromatic heterocycles. The van der Waals surface area contributed by atoms with Crippen molar-refractivity contribution >= 4 is 11.9 Å². The van der Waals surface area contributed by atoms with Crippen LogP contribution < -0.4 is 5.69 Å². The lowest BCUT2D eigenvalue weighted by Crippen LogP contribution is -2.53. The summed E-state index contributed by atoms with van der Waals surface area (Å²) >= 11 is 0. The minimum atomic E-state index is -1.33. The monoisotopic (exact) mass is 241 g/mol. The Kier molecular flexibility index (Phi) is 3.40. The van der Waals surface area contributed by atoms with E-state index < -0.39 is 23.1 Å². The lowest BCUT2D eigenvalue weighted by Gasteiger charge is -2.33. The Bertz CT molecular complexity index is 486. The van der Waals surface area contributed by atoms with Gasteiger partial charge in [0, 0.05) is 12.7 Å². The molecule has 3 N–H and O–H groups in total. The number of imidazole rings is 1. The van der Waals surface area contributed by atoms with Crippen LogP contribution in [0.5, 0.6) is 0 Å². The van der Waals surface area contributed by atoms with Crippen molar-refractivity contribution in [3.05, 3.63) is 22.4 Å². The summed E-state index contributed by atoms with van der Waals surface area (Å²) in [5.74, 6) is -1.64. The first-order valence-corrected chi connectivity index (χ1v) is 5.13. The number of aromatic amines is 2. The summed E-state index contributed by atoms with van der Waals surface area (Å²) in [5, 5.41) is 9.07. The van der Waals surface area contributed by atoms with Gasteiger partial charge in [-0.2, -0.15) is 0 Å². The second kappa shape index (κ2) is 4.44. The fraction of sp³-hybridized carbons (Fsp3) is 0.500. The zero-order chi connectivity index (χ0) is 13.2. The lowest BCUT2D eigenvalue weighted by molar-refractivity contribution is -0.147. The molecule has 1 amide bonds. The molecule has 0 saturated heterocycles. The van der Waals surface area contributed by atoms with Gasteiger partial charge in [-0.05, 0) is 20.8 Å². The average Bonchev–Trinajstić information content (AvgIpc) is 2.65. The van der Waals surface area contributed by atoms with Gasteiger partial charge in [0.05, 0.1) is 0 Å². The first-order valence-electron chi connectivity index (χ1n) is 5.13. The van der Waals surface area contributed by atoms with E-state index in [1.54, 1.807) is 6.92 Å². The van der Waals surface area contributed by atoms with E-state index in [0.717, 1.165) is 0 Å². The number of carboxylic acid groups (broad SMARTS) is 1. The van der Waals surface area contributed by atoms with Gasteiger partial charge in [-0.1, -0.05) is 0 Å². The fourth-order valence-electron chi connectivity index (χ4n) is 1.50. The van der Waals surface area contributed by atoms with Crippen LogP contribution in [0.2, 0.25) is 0 Å². The van der Waals surface area contributed by atoms with Gasteiger partial charge in [-0.3, -0.25) is 4.79 Å². The largest absolute Gasteiger partial charge is 0.480 e. The molecule has 7 nitrogen and oxygen atoms in total. The third kappa shape index (κ3) is 2.38. The number of aliphatic carboxylic acids is 1. The molecular weight excluding hydrogens is 226 g/mol. The molecule has 94 valence electrons. The predicted molar refractivity (Wildman–Crippen MR) is 59.8 cm³/mol. The third-order valence-electron chi connectivity index (χ3n) is 2.59. The highest BCUT2D eigenvalue weighted by molar-refractivity contribution is 5.95. The molecule has 1 rings (SSSR count). The van der Waals surface area contributed by atoms with Crippen molar-refractivity contribution < 1.29 is 14.7 Å². The fourth-order valence-corrected chi connectivity index (χ4v) is 1.50. The van der Waals surface area contributed by atoms with Crippen LogP contribution in [0, 0.1) is 0 Å². The summed E-state index contributed by atoms with van der Waals surface area (Å²) in [6.45, 7) is 4.77. The molecule has 1 heterocycles. The number of hydrogen-bond acceptors (Lipinski definition) is 3. The molecule has 0 aliphatic heterocycles. The molecule has 0 aliphatic rings. The molecule has 0 bridgehead atoms. The van der Waals surface area contributed by atoms with E-state index >= 15 is 0 Å². The first-order chi connectivity index (χ1) is 7.80. The second-order valence-electron chi connectivity index (χ2n) is 4.07. The SMILES string of the molecule is CCN(C(=O)c1c[nH]c(=O)[nH]1)C(C)(C)C(=O)O. The average molecular weight is 241 g/mol. The highest BCUT2D eigenvalue weighted by Gasteiger charge is 2.37. The van der Waals surface area contributed by atoms with Gasteiger partial charge in [-0.25, -0.2) is 9.59 Å². The van der Waals surface area contributed by atoms with Crippen molar-refractivity contribution in [2.45, 2.75) is 26.3 Å². The lowest BCUT2D eigenvalue weighted by atomic mass is 10.0. The van der Waals surface area contributed by atoms with Crippen molar-refractivity contribution in [1.82, 2.24) is 14.9 Å². The molecule has 17 heavy (non-hydrogen) atoms. The molecule has 1 aromatic rings. The molecule has 0 aliphatic carbocycles. The Morgan fingerprint density at radius 2 is 2.06 bits per heavy atom. The summed E-state index contributed by atoms with van der Waals surface area (Å²) in [7, 11) is 0. The summed E-state index contributed by atoms with van der Waals surface area (Å²) in [5.41, 5.74) is -1.79. The van der Waals surface area contributed by atoms with Crippen LogP contribution in [-0.2, 0) is 4.79 Å². The van der Waals surface area contributed by atoms with Crippen molar-refractivity contribution in [3.8, 4) is 0 Å². The first kappa shape index (κ1) is 13.0. The maximum Gasteiger partial charge on any atom is 0.329 e. The van der Waals surface area contributed by atoms with E-state index in [-0.39, 0.29) is 12.2 Å². The summed E-state index contributed by atoms with van der Waals surface area (Å²) in [4.78, 5) is 39.8. The van der Waals surface area contributed by atoms with Gasteiger partial charge in [0.2, 0.25) is 0 Å². The predicted octanol–water partition coefficient (Wildman–Crippen LogP) is 0.0283. The molecule has 0 saturated carbocycles. The molecule has 0 aromatic carbocycles. The Balaban J connectivity index is 3.08. The van der Waals surface area contributed by atoms with Crippen molar-refractivity contribution in [2.75, 3.05) is 6.54 Å². The highest BCUT2D eigenvalue weighted by atomic mass is 16.4. The topological polar surface area (TPSA) is 106 Å². The molecular formula is C10H15N3O4. The van der Waals surface area contributed by atoms with Crippen LogP contribution in [0.1, 0.15) is 31.3 Å². The smallest absolute Gasteiger partial charge is 0.329 e. The summed E-state index contributed by atoms with van der Waals surface area (Å²) in [6, 6.07) is 0. The Labute approximate surface area is 97.5 Å². The maximum absolute atomic E-state index is 12.0. The minimum Gasteiger partial charge on any atom is -0.480 e. The second-order valence-corrected chi connectivity index (χ2v) is 4.07. The Morgan fingerprint density at radius 3 is 2.41 bits per heavy atom. The number of aromatic nitrogens is 2. The number of H-pyrrole nitrogens is 2.